The summed E-state index contributed by atoms with van der Waals surface area (Å²) in [6, 6.07) is 18.0. The first kappa shape index (κ1) is 20.1. The van der Waals surface area contributed by atoms with Crippen molar-refractivity contribution in [1.82, 2.24) is 9.78 Å². The Labute approximate surface area is 169 Å². The van der Waals surface area contributed by atoms with Crippen molar-refractivity contribution in [3.8, 4) is 11.3 Å². The van der Waals surface area contributed by atoms with Gasteiger partial charge in [0.2, 0.25) is 0 Å². The summed E-state index contributed by atoms with van der Waals surface area (Å²) in [6.45, 7) is 5.43. The lowest BCUT2D eigenvalue weighted by molar-refractivity contribution is 0.0635. The van der Waals surface area contributed by atoms with Gasteiger partial charge in [0.15, 0.2) is 0 Å². The molecule has 1 heterocycles. The molecule has 2 N–H and O–H groups in total. The van der Waals surface area contributed by atoms with Gasteiger partial charge in [0.1, 0.15) is 11.4 Å². The molecule has 150 valence electrons. The Kier molecular flexibility index (Phi) is 5.68. The topological polar surface area (TPSA) is 85.2 Å². The van der Waals surface area contributed by atoms with Crippen molar-refractivity contribution in [2.75, 3.05) is 10.6 Å². The van der Waals surface area contributed by atoms with Crippen LogP contribution in [0.3, 0.4) is 0 Å². The number of hydrogen-bond acceptors (Lipinski definition) is 4. The van der Waals surface area contributed by atoms with Gasteiger partial charge in [-0.1, -0.05) is 30.3 Å². The van der Waals surface area contributed by atoms with Crippen molar-refractivity contribution in [2.24, 2.45) is 7.05 Å². The van der Waals surface area contributed by atoms with E-state index in [0.717, 1.165) is 5.56 Å². The van der Waals surface area contributed by atoms with E-state index in [9.17, 15) is 9.59 Å². The third kappa shape index (κ3) is 5.44. The predicted octanol–water partition coefficient (Wildman–Crippen LogP) is 4.69. The zero-order valence-corrected chi connectivity index (χ0v) is 16.9. The lowest BCUT2D eigenvalue weighted by atomic mass is 10.1. The molecule has 3 rings (SSSR count). The highest BCUT2D eigenvalue weighted by atomic mass is 16.6. The molecule has 0 aliphatic heterocycles. The van der Waals surface area contributed by atoms with Crippen LogP contribution in [0.2, 0.25) is 0 Å². The van der Waals surface area contributed by atoms with Crippen molar-refractivity contribution < 1.29 is 14.3 Å². The monoisotopic (exact) mass is 392 g/mol. The summed E-state index contributed by atoms with van der Waals surface area (Å²) in [6.07, 6.45) is -0.506. The normalized spacial score (nSPS) is 11.0. The number of carbonyl (C=O) groups excluding carboxylic acids is 2. The summed E-state index contributed by atoms with van der Waals surface area (Å²) in [7, 11) is 1.77. The zero-order chi connectivity index (χ0) is 21.0. The van der Waals surface area contributed by atoms with E-state index in [1.54, 1.807) is 42.1 Å². The molecule has 3 aromatic rings. The van der Waals surface area contributed by atoms with Crippen LogP contribution in [0.5, 0.6) is 0 Å². The second kappa shape index (κ2) is 8.18. The Bertz CT molecular complexity index is 1000. The van der Waals surface area contributed by atoms with Crippen LogP contribution in [0.25, 0.3) is 11.3 Å². The van der Waals surface area contributed by atoms with E-state index in [4.69, 9.17) is 4.74 Å². The van der Waals surface area contributed by atoms with Gasteiger partial charge in [-0.3, -0.25) is 14.8 Å². The molecule has 0 unspecified atom stereocenters. The van der Waals surface area contributed by atoms with Crippen molar-refractivity contribution in [3.63, 3.8) is 0 Å². The fourth-order valence-corrected chi connectivity index (χ4v) is 2.65. The van der Waals surface area contributed by atoms with Gasteiger partial charge in [0.05, 0.1) is 5.69 Å². The van der Waals surface area contributed by atoms with Crippen LogP contribution in [-0.2, 0) is 11.8 Å². The first-order valence-electron chi connectivity index (χ1n) is 9.22. The summed E-state index contributed by atoms with van der Waals surface area (Å²) < 4.78 is 6.86. The molecule has 2 aromatic carbocycles. The number of nitrogens with zero attached hydrogens (tertiary/aromatic N) is 2. The predicted molar refractivity (Wildman–Crippen MR) is 113 cm³/mol. The van der Waals surface area contributed by atoms with Crippen LogP contribution in [0, 0.1) is 0 Å². The molecule has 7 heteroatoms. The zero-order valence-electron chi connectivity index (χ0n) is 16.9. The third-order valence-corrected chi connectivity index (χ3v) is 3.98. The number of amides is 2. The van der Waals surface area contributed by atoms with Gasteiger partial charge in [-0.15, -0.1) is 0 Å². The maximum absolute atomic E-state index is 12.4. The molecule has 1 aromatic heterocycles. The number of ether oxygens (including phenoxy) is 1. The lowest BCUT2D eigenvalue weighted by Gasteiger charge is -2.19. The fraction of sp³-hybridized carbons (Fsp3) is 0.227. The fourth-order valence-electron chi connectivity index (χ4n) is 2.65. The van der Waals surface area contributed by atoms with E-state index in [2.05, 4.69) is 15.7 Å². The number of benzene rings is 2. The summed E-state index contributed by atoms with van der Waals surface area (Å²) in [5.41, 5.74) is 2.21. The minimum Gasteiger partial charge on any atom is -0.444 e. The molecule has 0 radical (unpaired) electrons. The number of carbonyl (C=O) groups is 2. The van der Waals surface area contributed by atoms with Gasteiger partial charge in [-0.2, -0.15) is 5.10 Å². The quantitative estimate of drug-likeness (QED) is 0.675. The Morgan fingerprint density at radius 1 is 0.966 bits per heavy atom. The molecule has 0 saturated heterocycles. The van der Waals surface area contributed by atoms with Gasteiger partial charge in [0, 0.05) is 29.9 Å². The van der Waals surface area contributed by atoms with E-state index in [-0.39, 0.29) is 5.91 Å². The largest absolute Gasteiger partial charge is 0.444 e. The van der Waals surface area contributed by atoms with Crippen molar-refractivity contribution in [3.05, 3.63) is 66.2 Å². The van der Waals surface area contributed by atoms with E-state index in [0.29, 0.717) is 22.8 Å². The number of rotatable bonds is 4. The molecule has 0 saturated carbocycles. The molecule has 7 nitrogen and oxygen atoms in total. The van der Waals surface area contributed by atoms with Gasteiger partial charge >= 0.3 is 6.09 Å². The SMILES string of the molecule is Cn1nc(-c2ccc(NC(=O)OC(C)(C)C)cc2)cc1NC(=O)c1ccccc1. The van der Waals surface area contributed by atoms with E-state index < -0.39 is 11.7 Å². The summed E-state index contributed by atoms with van der Waals surface area (Å²) in [5.74, 6) is 0.391. The van der Waals surface area contributed by atoms with Crippen molar-refractivity contribution >= 4 is 23.5 Å². The first-order valence-corrected chi connectivity index (χ1v) is 9.22. The van der Waals surface area contributed by atoms with Crippen molar-refractivity contribution in [1.29, 1.82) is 0 Å². The van der Waals surface area contributed by atoms with Crippen LogP contribution in [0.15, 0.2) is 60.7 Å². The van der Waals surface area contributed by atoms with E-state index in [1.165, 1.54) is 0 Å². The highest BCUT2D eigenvalue weighted by molar-refractivity contribution is 6.04. The standard InChI is InChI=1S/C22H24N4O3/c1-22(2,3)29-21(28)23-17-12-10-15(11-13-17)18-14-19(26(4)25-18)24-20(27)16-8-6-5-7-9-16/h5-14H,1-4H3,(H,23,28)(H,24,27). The maximum Gasteiger partial charge on any atom is 0.412 e. The Morgan fingerprint density at radius 2 is 1.62 bits per heavy atom. The number of hydrogen-bond donors (Lipinski definition) is 2. The number of anilines is 2. The molecule has 0 atom stereocenters. The summed E-state index contributed by atoms with van der Waals surface area (Å²) in [4.78, 5) is 24.2. The highest BCUT2D eigenvalue weighted by Crippen LogP contribution is 2.24. The Hall–Kier alpha value is -3.61. The number of aromatic nitrogens is 2. The smallest absolute Gasteiger partial charge is 0.412 e. The van der Waals surface area contributed by atoms with Gasteiger partial charge in [-0.05, 0) is 45.0 Å². The Balaban J connectivity index is 1.69. The van der Waals surface area contributed by atoms with Gasteiger partial charge < -0.3 is 10.1 Å². The molecule has 0 spiro atoms. The molecule has 29 heavy (non-hydrogen) atoms. The van der Waals surface area contributed by atoms with Crippen LogP contribution < -0.4 is 10.6 Å². The maximum atomic E-state index is 12.4. The lowest BCUT2D eigenvalue weighted by Crippen LogP contribution is -2.27. The third-order valence-electron chi connectivity index (χ3n) is 3.98. The van der Waals surface area contributed by atoms with E-state index in [1.807, 2.05) is 51.1 Å². The average molecular weight is 392 g/mol. The van der Waals surface area contributed by atoms with Crippen LogP contribution in [0.4, 0.5) is 16.3 Å². The highest BCUT2D eigenvalue weighted by Gasteiger charge is 2.16. The van der Waals surface area contributed by atoms with E-state index >= 15 is 0 Å². The van der Waals surface area contributed by atoms with Crippen LogP contribution >= 0.6 is 0 Å². The molecule has 0 fully saturated rings. The second-order valence-corrected chi connectivity index (χ2v) is 7.56. The molecule has 0 aliphatic carbocycles. The summed E-state index contributed by atoms with van der Waals surface area (Å²) >= 11 is 0. The Morgan fingerprint density at radius 3 is 2.24 bits per heavy atom. The molecular formula is C22H24N4O3. The van der Waals surface area contributed by atoms with Gasteiger partial charge in [0.25, 0.3) is 5.91 Å². The minimum absolute atomic E-state index is 0.197. The molecule has 0 aliphatic rings. The summed E-state index contributed by atoms with van der Waals surface area (Å²) in [5, 5.41) is 10.0. The number of nitrogens with one attached hydrogen (secondary N) is 2. The van der Waals surface area contributed by atoms with Crippen molar-refractivity contribution in [2.45, 2.75) is 26.4 Å². The second-order valence-electron chi connectivity index (χ2n) is 7.56. The van der Waals surface area contributed by atoms with Crippen LogP contribution in [-0.4, -0.2) is 27.4 Å². The van der Waals surface area contributed by atoms with Gasteiger partial charge in [-0.25, -0.2) is 4.79 Å². The number of aryl methyl sites for hydroxylation is 1. The molecule has 2 amide bonds. The van der Waals surface area contributed by atoms with Crippen LogP contribution in [0.1, 0.15) is 31.1 Å². The minimum atomic E-state index is -0.557. The molecule has 0 bridgehead atoms. The average Bonchev–Trinajstić information content (AvgIpc) is 3.02. The first-order chi connectivity index (χ1) is 13.7. The molecular weight excluding hydrogens is 368 g/mol.